The molecule has 0 rings (SSSR count). The molecule has 0 aromatic rings. The van der Waals surface area contributed by atoms with E-state index in [1.807, 2.05) is 6.92 Å². The van der Waals surface area contributed by atoms with Crippen LogP contribution in [0.2, 0.25) is 0 Å². The monoisotopic (exact) mass is 116 g/mol. The van der Waals surface area contributed by atoms with Crippen molar-refractivity contribution in [3.05, 3.63) is 0 Å². The molecule has 0 aromatic heterocycles. The Kier molecular flexibility index (Phi) is 3.72. The van der Waals surface area contributed by atoms with E-state index in [1.165, 1.54) is 0 Å². The molecule has 0 saturated carbocycles. The Bertz CT molecular complexity index is 101. The third kappa shape index (κ3) is 3.54. The first kappa shape index (κ1) is 6.71. The number of terminal acetylenes is 1. The van der Waals surface area contributed by atoms with E-state index < -0.39 is 10.8 Å². The van der Waals surface area contributed by atoms with Crippen molar-refractivity contribution in [3.8, 4) is 11.7 Å². The second-order valence-corrected chi connectivity index (χ2v) is 2.50. The van der Waals surface area contributed by atoms with Crippen LogP contribution in [-0.2, 0) is 10.8 Å². The molecule has 0 spiro atoms. The number of hydrogen-bond acceptors (Lipinski definition) is 1. The lowest BCUT2D eigenvalue weighted by atomic mass is 10.6. The highest BCUT2D eigenvalue weighted by atomic mass is 32.2. The van der Waals surface area contributed by atoms with Crippen molar-refractivity contribution in [3.63, 3.8) is 0 Å². The predicted octanol–water partition coefficient (Wildman–Crippen LogP) is 0.736. The summed E-state index contributed by atoms with van der Waals surface area (Å²) in [5, 5.41) is 2.14. The molecule has 0 saturated heterocycles. The highest BCUT2D eigenvalue weighted by Crippen LogP contribution is 1.80. The Balaban J connectivity index is 3.24. The Labute approximate surface area is 46.6 Å². The fourth-order valence-corrected chi connectivity index (χ4v) is 0.733. The minimum atomic E-state index is -0.999. The molecule has 7 heavy (non-hydrogen) atoms. The quantitative estimate of drug-likeness (QED) is 0.486. The normalized spacial score (nSPS) is 12.6. The highest BCUT2D eigenvalue weighted by molar-refractivity contribution is 7.89. The average molecular weight is 116 g/mol. The maximum atomic E-state index is 10.3. The van der Waals surface area contributed by atoms with E-state index in [1.54, 1.807) is 0 Å². The molecule has 0 aromatic carbocycles. The maximum absolute atomic E-state index is 10.3. The van der Waals surface area contributed by atoms with Crippen LogP contribution in [0.25, 0.3) is 0 Å². The van der Waals surface area contributed by atoms with Crippen molar-refractivity contribution in [1.29, 1.82) is 0 Å². The summed E-state index contributed by atoms with van der Waals surface area (Å²) in [6.45, 7) is 1.95. The van der Waals surface area contributed by atoms with Crippen LogP contribution >= 0.6 is 0 Å². The van der Waals surface area contributed by atoms with Gasteiger partial charge < -0.3 is 0 Å². The molecule has 1 nitrogen and oxygen atoms in total. The topological polar surface area (TPSA) is 17.1 Å². The van der Waals surface area contributed by atoms with E-state index in [0.29, 0.717) is 5.75 Å². The van der Waals surface area contributed by atoms with Gasteiger partial charge in [0.05, 0.1) is 10.8 Å². The van der Waals surface area contributed by atoms with Gasteiger partial charge in [-0.1, -0.05) is 6.92 Å². The van der Waals surface area contributed by atoms with Crippen LogP contribution in [0, 0.1) is 11.7 Å². The predicted molar refractivity (Wildman–Crippen MR) is 32.1 cm³/mol. The number of hydrogen-bond donors (Lipinski definition) is 0. The van der Waals surface area contributed by atoms with Gasteiger partial charge in [0.25, 0.3) is 0 Å². The van der Waals surface area contributed by atoms with Crippen LogP contribution in [0.5, 0.6) is 0 Å². The van der Waals surface area contributed by atoms with Gasteiger partial charge in [0, 0.05) is 5.75 Å². The van der Waals surface area contributed by atoms with Gasteiger partial charge in [-0.05, 0) is 11.7 Å². The standard InChI is InChI=1S/C5H8OS/c1-3-5-7(6)4-2/h2H,3,5H2,1H3/t7-/m1/s1. The van der Waals surface area contributed by atoms with Crippen molar-refractivity contribution in [2.75, 3.05) is 5.75 Å². The van der Waals surface area contributed by atoms with Crippen LogP contribution < -0.4 is 0 Å². The SMILES string of the molecule is C#C[S@@](=O)CCC. The summed E-state index contributed by atoms with van der Waals surface area (Å²) in [6.07, 6.45) is 5.71. The van der Waals surface area contributed by atoms with Crippen LogP contribution in [-0.4, -0.2) is 9.96 Å². The zero-order valence-electron chi connectivity index (χ0n) is 4.31. The van der Waals surface area contributed by atoms with Gasteiger partial charge in [0.1, 0.15) is 0 Å². The van der Waals surface area contributed by atoms with E-state index in [2.05, 4.69) is 5.25 Å². The Hall–Kier alpha value is -0.290. The molecule has 0 aliphatic rings. The first-order valence-electron chi connectivity index (χ1n) is 2.16. The molecular formula is C5H8OS. The summed E-state index contributed by atoms with van der Waals surface area (Å²) < 4.78 is 10.3. The van der Waals surface area contributed by atoms with E-state index >= 15 is 0 Å². The Morgan fingerprint density at radius 3 is 2.57 bits per heavy atom. The van der Waals surface area contributed by atoms with Crippen molar-refractivity contribution in [1.82, 2.24) is 0 Å². The molecule has 0 heterocycles. The van der Waals surface area contributed by atoms with Crippen LogP contribution in [0.1, 0.15) is 13.3 Å². The van der Waals surface area contributed by atoms with Gasteiger partial charge in [0.15, 0.2) is 0 Å². The van der Waals surface area contributed by atoms with E-state index in [-0.39, 0.29) is 0 Å². The minimum absolute atomic E-state index is 0.635. The lowest BCUT2D eigenvalue weighted by Crippen LogP contribution is -1.88. The van der Waals surface area contributed by atoms with Crippen LogP contribution in [0.4, 0.5) is 0 Å². The minimum Gasteiger partial charge on any atom is -0.246 e. The van der Waals surface area contributed by atoms with Crippen molar-refractivity contribution >= 4 is 10.8 Å². The lowest BCUT2D eigenvalue weighted by molar-refractivity contribution is 0.688. The molecule has 0 N–H and O–H groups in total. The van der Waals surface area contributed by atoms with Crippen molar-refractivity contribution in [2.24, 2.45) is 0 Å². The molecule has 1 atom stereocenters. The van der Waals surface area contributed by atoms with Gasteiger partial charge in [-0.15, -0.1) is 6.42 Å². The smallest absolute Gasteiger partial charge is 0.0971 e. The van der Waals surface area contributed by atoms with Crippen molar-refractivity contribution in [2.45, 2.75) is 13.3 Å². The van der Waals surface area contributed by atoms with Crippen LogP contribution in [0.15, 0.2) is 0 Å². The first-order valence-corrected chi connectivity index (χ1v) is 3.47. The zero-order valence-corrected chi connectivity index (χ0v) is 5.12. The van der Waals surface area contributed by atoms with E-state index in [0.717, 1.165) is 6.42 Å². The van der Waals surface area contributed by atoms with Gasteiger partial charge in [0.2, 0.25) is 0 Å². The molecule has 0 amide bonds. The molecule has 0 unspecified atom stereocenters. The molecule has 40 valence electrons. The number of rotatable bonds is 2. The largest absolute Gasteiger partial charge is 0.246 e. The molecule has 0 radical (unpaired) electrons. The first-order chi connectivity index (χ1) is 3.31. The second kappa shape index (κ2) is 3.89. The summed E-state index contributed by atoms with van der Waals surface area (Å²) in [7, 11) is -0.999. The summed E-state index contributed by atoms with van der Waals surface area (Å²) in [4.78, 5) is 0. The molecular weight excluding hydrogens is 108 g/mol. The summed E-state index contributed by atoms with van der Waals surface area (Å²) in [6, 6.07) is 0. The maximum Gasteiger partial charge on any atom is 0.0971 e. The average Bonchev–Trinajstić information content (AvgIpc) is 1.68. The molecule has 0 aliphatic heterocycles. The fourth-order valence-electron chi connectivity index (χ4n) is 0.244. The van der Waals surface area contributed by atoms with Gasteiger partial charge in [-0.25, -0.2) is 4.21 Å². The summed E-state index contributed by atoms with van der Waals surface area (Å²) >= 11 is 0. The van der Waals surface area contributed by atoms with Gasteiger partial charge in [-0.2, -0.15) is 0 Å². The van der Waals surface area contributed by atoms with E-state index in [4.69, 9.17) is 6.42 Å². The van der Waals surface area contributed by atoms with Crippen LogP contribution in [0.3, 0.4) is 0 Å². The van der Waals surface area contributed by atoms with Crippen molar-refractivity contribution < 1.29 is 4.21 Å². The molecule has 0 fully saturated rings. The van der Waals surface area contributed by atoms with Gasteiger partial charge in [-0.3, -0.25) is 0 Å². The molecule has 0 bridgehead atoms. The third-order valence-corrected chi connectivity index (χ3v) is 1.56. The highest BCUT2D eigenvalue weighted by Gasteiger charge is 1.85. The Morgan fingerprint density at radius 2 is 2.43 bits per heavy atom. The van der Waals surface area contributed by atoms with E-state index in [9.17, 15) is 4.21 Å². The zero-order chi connectivity index (χ0) is 5.70. The second-order valence-electron chi connectivity index (χ2n) is 1.17. The third-order valence-electron chi connectivity index (χ3n) is 0.521. The lowest BCUT2D eigenvalue weighted by Gasteiger charge is -1.82. The van der Waals surface area contributed by atoms with Gasteiger partial charge >= 0.3 is 0 Å². The molecule has 0 aliphatic carbocycles. The fraction of sp³-hybridized carbons (Fsp3) is 0.600. The summed E-state index contributed by atoms with van der Waals surface area (Å²) in [5.74, 6) is 0.635. The summed E-state index contributed by atoms with van der Waals surface area (Å²) in [5.41, 5.74) is 0. The molecule has 2 heteroatoms. The Morgan fingerprint density at radius 1 is 1.86 bits per heavy atom.